The molecule has 0 fully saturated rings. The molecule has 1 aromatic rings. The number of carbonyl (C=O) groups excluding carboxylic acids is 1. The van der Waals surface area contributed by atoms with E-state index in [0.717, 1.165) is 24.4 Å². The number of rotatable bonds is 7. The van der Waals surface area contributed by atoms with Crippen LogP contribution in [0, 0.1) is 5.92 Å². The van der Waals surface area contributed by atoms with Crippen LogP contribution in [0.1, 0.15) is 26.7 Å². The highest BCUT2D eigenvalue weighted by molar-refractivity contribution is 5.91. The van der Waals surface area contributed by atoms with Crippen LogP contribution in [0.25, 0.3) is 0 Å². The van der Waals surface area contributed by atoms with Gasteiger partial charge in [-0.1, -0.05) is 13.8 Å². The number of nitrogens with one attached hydrogen (secondary N) is 2. The molecule has 0 spiro atoms. The minimum atomic E-state index is 0.000845. The molecular formula is C15H22N2O3. The number of anilines is 1. The maximum Gasteiger partial charge on any atom is 0.231 e. The molecule has 0 bridgehead atoms. The fraction of sp³-hybridized carbons (Fsp3) is 0.533. The predicted molar refractivity (Wildman–Crippen MR) is 78.1 cm³/mol. The molecule has 2 N–H and O–H groups in total. The van der Waals surface area contributed by atoms with Gasteiger partial charge in [0.2, 0.25) is 12.7 Å². The first kappa shape index (κ1) is 14.7. The fourth-order valence-electron chi connectivity index (χ4n) is 1.92. The number of benzene rings is 1. The van der Waals surface area contributed by atoms with Gasteiger partial charge in [0.15, 0.2) is 11.5 Å². The van der Waals surface area contributed by atoms with Crippen LogP contribution in [0.15, 0.2) is 18.2 Å². The maximum absolute atomic E-state index is 11.8. The van der Waals surface area contributed by atoms with Crippen molar-refractivity contribution < 1.29 is 14.3 Å². The normalized spacial score (nSPS) is 12.8. The van der Waals surface area contributed by atoms with E-state index in [1.54, 1.807) is 12.1 Å². The SMILES string of the molecule is CC(C)CCNCCC(=O)Nc1ccc2c(c1)OCO2. The summed E-state index contributed by atoms with van der Waals surface area (Å²) in [6.07, 6.45) is 1.59. The lowest BCUT2D eigenvalue weighted by Gasteiger charge is -2.08. The van der Waals surface area contributed by atoms with Crippen LogP contribution in [0.4, 0.5) is 5.69 Å². The number of carbonyl (C=O) groups is 1. The molecule has 20 heavy (non-hydrogen) atoms. The summed E-state index contributed by atoms with van der Waals surface area (Å²) in [4.78, 5) is 11.8. The molecule has 0 aromatic heterocycles. The zero-order valence-electron chi connectivity index (χ0n) is 12.1. The molecule has 0 saturated carbocycles. The summed E-state index contributed by atoms with van der Waals surface area (Å²) < 4.78 is 10.5. The highest BCUT2D eigenvalue weighted by Gasteiger charge is 2.13. The number of hydrogen-bond donors (Lipinski definition) is 2. The second-order valence-electron chi connectivity index (χ2n) is 5.30. The van der Waals surface area contributed by atoms with Crippen molar-refractivity contribution in [2.24, 2.45) is 5.92 Å². The van der Waals surface area contributed by atoms with Gasteiger partial charge in [0.05, 0.1) is 0 Å². The van der Waals surface area contributed by atoms with E-state index in [4.69, 9.17) is 9.47 Å². The van der Waals surface area contributed by atoms with E-state index < -0.39 is 0 Å². The molecule has 0 aliphatic carbocycles. The molecule has 1 amide bonds. The van der Waals surface area contributed by atoms with E-state index >= 15 is 0 Å². The molecule has 1 aromatic carbocycles. The summed E-state index contributed by atoms with van der Waals surface area (Å²) >= 11 is 0. The summed E-state index contributed by atoms with van der Waals surface area (Å²) in [6.45, 7) is 6.27. The van der Waals surface area contributed by atoms with Crippen LogP contribution in [0.2, 0.25) is 0 Å². The Morgan fingerprint density at radius 2 is 2.05 bits per heavy atom. The first-order valence-electron chi connectivity index (χ1n) is 7.05. The van der Waals surface area contributed by atoms with Crippen molar-refractivity contribution >= 4 is 11.6 Å². The minimum Gasteiger partial charge on any atom is -0.454 e. The second kappa shape index (κ2) is 7.14. The van der Waals surface area contributed by atoms with E-state index in [1.807, 2.05) is 6.07 Å². The quantitative estimate of drug-likeness (QED) is 0.752. The van der Waals surface area contributed by atoms with Gasteiger partial charge in [-0.25, -0.2) is 0 Å². The van der Waals surface area contributed by atoms with Crippen LogP contribution in [0.5, 0.6) is 11.5 Å². The lowest BCUT2D eigenvalue weighted by atomic mass is 10.1. The first-order chi connectivity index (χ1) is 9.65. The van der Waals surface area contributed by atoms with E-state index in [0.29, 0.717) is 24.6 Å². The number of amides is 1. The average Bonchev–Trinajstić information content (AvgIpc) is 2.85. The molecule has 2 rings (SSSR count). The molecule has 5 heteroatoms. The van der Waals surface area contributed by atoms with Gasteiger partial charge in [-0.15, -0.1) is 0 Å². The minimum absolute atomic E-state index is 0.000845. The van der Waals surface area contributed by atoms with Crippen LogP contribution in [-0.2, 0) is 4.79 Å². The van der Waals surface area contributed by atoms with Gasteiger partial charge in [-0.3, -0.25) is 4.79 Å². The summed E-state index contributed by atoms with van der Waals surface area (Å²) in [5.41, 5.74) is 0.737. The topological polar surface area (TPSA) is 59.6 Å². The van der Waals surface area contributed by atoms with Crippen molar-refractivity contribution in [3.63, 3.8) is 0 Å². The third kappa shape index (κ3) is 4.42. The highest BCUT2D eigenvalue weighted by Crippen LogP contribution is 2.34. The van der Waals surface area contributed by atoms with Gasteiger partial charge in [0.25, 0.3) is 0 Å². The van der Waals surface area contributed by atoms with Gasteiger partial charge in [-0.2, -0.15) is 0 Å². The zero-order chi connectivity index (χ0) is 14.4. The van der Waals surface area contributed by atoms with Crippen LogP contribution < -0.4 is 20.1 Å². The molecule has 0 unspecified atom stereocenters. The van der Waals surface area contributed by atoms with Crippen LogP contribution in [-0.4, -0.2) is 25.8 Å². The first-order valence-corrected chi connectivity index (χ1v) is 7.05. The number of hydrogen-bond acceptors (Lipinski definition) is 4. The molecule has 1 heterocycles. The maximum atomic E-state index is 11.8. The second-order valence-corrected chi connectivity index (χ2v) is 5.30. The highest BCUT2D eigenvalue weighted by atomic mass is 16.7. The molecule has 1 aliphatic rings. The largest absolute Gasteiger partial charge is 0.454 e. The molecule has 110 valence electrons. The molecule has 5 nitrogen and oxygen atoms in total. The Hall–Kier alpha value is -1.75. The van der Waals surface area contributed by atoms with E-state index in [-0.39, 0.29) is 12.7 Å². The third-order valence-electron chi connectivity index (χ3n) is 3.08. The van der Waals surface area contributed by atoms with Gasteiger partial charge in [0, 0.05) is 24.7 Å². The van der Waals surface area contributed by atoms with E-state index in [1.165, 1.54) is 0 Å². The van der Waals surface area contributed by atoms with Crippen LogP contribution >= 0.6 is 0 Å². The lowest BCUT2D eigenvalue weighted by molar-refractivity contribution is -0.116. The molecule has 0 atom stereocenters. The molecule has 1 aliphatic heterocycles. The monoisotopic (exact) mass is 278 g/mol. The molecule has 0 saturated heterocycles. The summed E-state index contributed by atoms with van der Waals surface area (Å²) in [5, 5.41) is 6.13. The third-order valence-corrected chi connectivity index (χ3v) is 3.08. The average molecular weight is 278 g/mol. The Balaban J connectivity index is 1.69. The Bertz CT molecular complexity index is 460. The van der Waals surface area contributed by atoms with E-state index in [2.05, 4.69) is 24.5 Å². The van der Waals surface area contributed by atoms with Crippen LogP contribution in [0.3, 0.4) is 0 Å². The van der Waals surface area contributed by atoms with Gasteiger partial charge < -0.3 is 20.1 Å². The summed E-state index contributed by atoms with van der Waals surface area (Å²) in [6, 6.07) is 5.41. The van der Waals surface area contributed by atoms with Crippen molar-refractivity contribution in [2.45, 2.75) is 26.7 Å². The summed E-state index contributed by atoms with van der Waals surface area (Å²) in [7, 11) is 0. The fourth-order valence-corrected chi connectivity index (χ4v) is 1.92. The van der Waals surface area contributed by atoms with Gasteiger partial charge >= 0.3 is 0 Å². The van der Waals surface area contributed by atoms with Crippen molar-refractivity contribution in [1.82, 2.24) is 5.32 Å². The number of fused-ring (bicyclic) bond motifs is 1. The number of ether oxygens (including phenoxy) is 2. The van der Waals surface area contributed by atoms with Crippen molar-refractivity contribution in [3.8, 4) is 11.5 Å². The smallest absolute Gasteiger partial charge is 0.231 e. The van der Waals surface area contributed by atoms with Gasteiger partial charge in [-0.05, 0) is 31.0 Å². The standard InChI is InChI=1S/C15H22N2O3/c1-11(2)5-7-16-8-6-15(18)17-12-3-4-13-14(9-12)20-10-19-13/h3-4,9,11,16H,5-8,10H2,1-2H3,(H,17,18). The predicted octanol–water partition coefficient (Wildman–Crippen LogP) is 2.38. The Labute approximate surface area is 119 Å². The van der Waals surface area contributed by atoms with Gasteiger partial charge in [0.1, 0.15) is 0 Å². The van der Waals surface area contributed by atoms with Crippen molar-refractivity contribution in [1.29, 1.82) is 0 Å². The van der Waals surface area contributed by atoms with Crippen molar-refractivity contribution in [3.05, 3.63) is 18.2 Å². The Kier molecular flexibility index (Phi) is 5.24. The Morgan fingerprint density at radius 3 is 2.85 bits per heavy atom. The zero-order valence-corrected chi connectivity index (χ0v) is 12.1. The van der Waals surface area contributed by atoms with E-state index in [9.17, 15) is 4.79 Å². The molecule has 0 radical (unpaired) electrons. The molecular weight excluding hydrogens is 256 g/mol. The summed E-state index contributed by atoms with van der Waals surface area (Å²) in [5.74, 6) is 2.09. The Morgan fingerprint density at radius 1 is 1.25 bits per heavy atom. The lowest BCUT2D eigenvalue weighted by Crippen LogP contribution is -2.23. The van der Waals surface area contributed by atoms with Crippen molar-refractivity contribution in [2.75, 3.05) is 25.2 Å².